The lowest BCUT2D eigenvalue weighted by Gasteiger charge is -2.28. The van der Waals surface area contributed by atoms with E-state index in [2.05, 4.69) is 12.1 Å². The highest BCUT2D eigenvalue weighted by atomic mass is 16.5. The number of nitrogens with zero attached hydrogens (tertiary/aromatic N) is 2. The molecule has 0 amide bonds. The molecule has 1 aliphatic carbocycles. The Morgan fingerprint density at radius 2 is 1.38 bits per heavy atom. The number of fused-ring (bicyclic) bond motifs is 1. The van der Waals surface area contributed by atoms with Crippen LogP contribution in [0.15, 0.2) is 54.6 Å². The molecule has 24 heavy (non-hydrogen) atoms. The van der Waals surface area contributed by atoms with Crippen molar-refractivity contribution in [2.45, 2.75) is 37.8 Å². The van der Waals surface area contributed by atoms with E-state index in [4.69, 9.17) is 0 Å². The van der Waals surface area contributed by atoms with Crippen molar-refractivity contribution in [2.75, 3.05) is 0 Å². The lowest BCUT2D eigenvalue weighted by molar-refractivity contribution is -0.819. The molecule has 1 aliphatic heterocycles. The molecule has 1 N–H and O–H groups in total. The summed E-state index contributed by atoms with van der Waals surface area (Å²) in [5.74, 6) is 0. The fourth-order valence-electron chi connectivity index (χ4n) is 3.80. The Balaban J connectivity index is 1.68. The van der Waals surface area contributed by atoms with Crippen molar-refractivity contribution >= 4 is 11.9 Å². The van der Waals surface area contributed by atoms with Crippen molar-refractivity contribution < 1.29 is 14.7 Å². The Morgan fingerprint density at radius 3 is 2.08 bits per heavy atom. The normalized spacial score (nSPS) is 23.6. The molecule has 1 saturated carbocycles. The average Bonchev–Trinajstić information content (AvgIpc) is 2.66. The lowest BCUT2D eigenvalue weighted by Crippen LogP contribution is -2.51. The smallest absolute Gasteiger partial charge is 0.288 e. The maximum atomic E-state index is 12.8. The van der Waals surface area contributed by atoms with Gasteiger partial charge in [-0.05, 0) is 40.8 Å². The van der Waals surface area contributed by atoms with Gasteiger partial charge in [0.2, 0.25) is 6.04 Å². The average molecular weight is 321 g/mol. The number of hydrogen-bond acceptors (Lipinski definition) is 2. The van der Waals surface area contributed by atoms with Gasteiger partial charge in [-0.1, -0.05) is 42.5 Å². The van der Waals surface area contributed by atoms with Crippen molar-refractivity contribution in [1.82, 2.24) is 0 Å². The van der Waals surface area contributed by atoms with Gasteiger partial charge in [-0.15, -0.1) is 0 Å². The van der Waals surface area contributed by atoms with Gasteiger partial charge >= 0.3 is 0 Å². The molecule has 1 heterocycles. The molecule has 0 radical (unpaired) electrons. The van der Waals surface area contributed by atoms with E-state index < -0.39 is 0 Å². The second kappa shape index (κ2) is 6.11. The molecule has 0 unspecified atom stereocenters. The SMILES string of the molecule is [O-][N+]1=C(c2ccc(-c3ccccc3)cc2)C=[N+](O)[C@@H]2CCCC[C@H]21. The highest BCUT2D eigenvalue weighted by molar-refractivity contribution is 6.34. The zero-order valence-corrected chi connectivity index (χ0v) is 13.5. The third kappa shape index (κ3) is 2.58. The van der Waals surface area contributed by atoms with Gasteiger partial charge < -0.3 is 5.21 Å². The second-order valence-corrected chi connectivity index (χ2v) is 6.58. The Bertz CT molecular complexity index is 794. The van der Waals surface area contributed by atoms with E-state index in [0.717, 1.165) is 47.1 Å². The molecule has 2 aromatic carbocycles. The third-order valence-electron chi connectivity index (χ3n) is 5.11. The summed E-state index contributed by atoms with van der Waals surface area (Å²) < 4.78 is 2.35. The Labute approximate surface area is 141 Å². The molecule has 122 valence electrons. The van der Waals surface area contributed by atoms with Crippen molar-refractivity contribution in [1.29, 1.82) is 0 Å². The topological polar surface area (TPSA) is 49.3 Å². The number of hydrogen-bond donors (Lipinski definition) is 1. The maximum absolute atomic E-state index is 12.8. The second-order valence-electron chi connectivity index (χ2n) is 6.58. The van der Waals surface area contributed by atoms with E-state index in [0.29, 0.717) is 5.71 Å². The van der Waals surface area contributed by atoms with Gasteiger partial charge in [0.15, 0.2) is 0 Å². The van der Waals surface area contributed by atoms with Gasteiger partial charge in [0.25, 0.3) is 18.0 Å². The van der Waals surface area contributed by atoms with E-state index >= 15 is 0 Å². The molecular weight excluding hydrogens is 300 g/mol. The summed E-state index contributed by atoms with van der Waals surface area (Å²) in [6.07, 6.45) is 5.41. The summed E-state index contributed by atoms with van der Waals surface area (Å²) >= 11 is 0. The molecule has 4 rings (SSSR count). The first kappa shape index (κ1) is 14.9. The van der Waals surface area contributed by atoms with Crippen LogP contribution in [0.3, 0.4) is 0 Å². The van der Waals surface area contributed by atoms with Gasteiger partial charge in [0.05, 0.1) is 5.56 Å². The maximum Gasteiger partial charge on any atom is 0.288 e. The predicted molar refractivity (Wildman–Crippen MR) is 93.8 cm³/mol. The van der Waals surface area contributed by atoms with Crippen LogP contribution in [0.1, 0.15) is 31.2 Å². The van der Waals surface area contributed by atoms with Crippen molar-refractivity contribution in [2.24, 2.45) is 0 Å². The summed E-state index contributed by atoms with van der Waals surface area (Å²) in [4.78, 5) is 0. The van der Waals surface area contributed by atoms with Crippen LogP contribution in [0.2, 0.25) is 0 Å². The van der Waals surface area contributed by atoms with Crippen molar-refractivity contribution in [3.8, 4) is 11.1 Å². The summed E-state index contributed by atoms with van der Waals surface area (Å²) in [6.45, 7) is 0. The molecule has 1 fully saturated rings. The summed E-state index contributed by atoms with van der Waals surface area (Å²) in [5, 5.41) is 23.0. The van der Waals surface area contributed by atoms with Crippen LogP contribution >= 0.6 is 0 Å². The Kier molecular flexibility index (Phi) is 3.81. The fraction of sp³-hybridized carbons (Fsp3) is 0.300. The van der Waals surface area contributed by atoms with Crippen LogP contribution in [0.5, 0.6) is 0 Å². The molecule has 4 nitrogen and oxygen atoms in total. The van der Waals surface area contributed by atoms with Crippen LogP contribution in [0.25, 0.3) is 11.1 Å². The van der Waals surface area contributed by atoms with Crippen LogP contribution in [0.4, 0.5) is 0 Å². The molecule has 4 heteroatoms. The molecule has 2 aliphatic rings. The highest BCUT2D eigenvalue weighted by Crippen LogP contribution is 2.26. The lowest BCUT2D eigenvalue weighted by atomic mass is 9.89. The van der Waals surface area contributed by atoms with Crippen molar-refractivity contribution in [3.63, 3.8) is 0 Å². The van der Waals surface area contributed by atoms with Gasteiger partial charge in [0, 0.05) is 12.8 Å². The zero-order valence-electron chi connectivity index (χ0n) is 13.5. The first-order valence-corrected chi connectivity index (χ1v) is 8.55. The Morgan fingerprint density at radius 1 is 0.792 bits per heavy atom. The van der Waals surface area contributed by atoms with E-state index in [-0.39, 0.29) is 12.1 Å². The first-order valence-electron chi connectivity index (χ1n) is 8.55. The minimum Gasteiger partial charge on any atom is -0.623 e. The van der Waals surface area contributed by atoms with Gasteiger partial charge in [-0.3, -0.25) is 5.21 Å². The predicted octanol–water partition coefficient (Wildman–Crippen LogP) is 3.45. The molecule has 0 spiro atoms. The van der Waals surface area contributed by atoms with E-state index in [1.54, 1.807) is 6.21 Å². The van der Waals surface area contributed by atoms with Crippen LogP contribution in [0, 0.1) is 5.21 Å². The van der Waals surface area contributed by atoms with E-state index in [1.807, 2.05) is 42.5 Å². The number of hydroxylamine groups is 2. The van der Waals surface area contributed by atoms with E-state index in [9.17, 15) is 10.4 Å². The van der Waals surface area contributed by atoms with Gasteiger partial charge in [0.1, 0.15) is 0 Å². The first-order chi connectivity index (χ1) is 11.7. The van der Waals surface area contributed by atoms with Gasteiger partial charge in [-0.2, -0.15) is 4.74 Å². The fourth-order valence-corrected chi connectivity index (χ4v) is 3.80. The molecule has 0 aromatic heterocycles. The monoisotopic (exact) mass is 321 g/mol. The van der Waals surface area contributed by atoms with Crippen LogP contribution in [-0.2, 0) is 0 Å². The van der Waals surface area contributed by atoms with Gasteiger partial charge in [-0.25, -0.2) is 0 Å². The van der Waals surface area contributed by atoms with Crippen molar-refractivity contribution in [3.05, 3.63) is 65.4 Å². The quantitative estimate of drug-likeness (QED) is 0.523. The molecule has 0 saturated heterocycles. The molecule has 2 atom stereocenters. The molecular formula is C20H21N2O2+. The standard InChI is InChI=1S/C20H21N2O2/c23-21-14-20(22(24)19-9-5-4-8-18(19)21)17-12-10-16(11-13-17)15-6-2-1-3-7-15/h1-3,6-7,10-14,18-19,23H,4-5,8-9H2/q+1/t18-,19-/m1/s1. The molecule has 2 aromatic rings. The number of benzene rings is 2. The largest absolute Gasteiger partial charge is 0.623 e. The summed E-state index contributed by atoms with van der Waals surface area (Å²) in [6, 6.07) is 17.9. The summed E-state index contributed by atoms with van der Waals surface area (Å²) in [5.41, 5.74) is 3.65. The third-order valence-corrected chi connectivity index (χ3v) is 5.11. The van der Waals surface area contributed by atoms with Crippen LogP contribution in [-0.4, -0.2) is 38.7 Å². The zero-order chi connectivity index (χ0) is 16.5. The summed E-state index contributed by atoms with van der Waals surface area (Å²) in [7, 11) is 0. The minimum absolute atomic E-state index is 0.0800. The number of rotatable bonds is 2. The molecule has 0 bridgehead atoms. The minimum atomic E-state index is -0.155. The van der Waals surface area contributed by atoms with E-state index in [1.165, 1.54) is 4.74 Å². The Hall–Kier alpha value is -2.62. The highest BCUT2D eigenvalue weighted by Gasteiger charge is 2.45. The van der Waals surface area contributed by atoms with Crippen LogP contribution < -0.4 is 0 Å².